The van der Waals surface area contributed by atoms with E-state index >= 15 is 0 Å². The van der Waals surface area contributed by atoms with Gasteiger partial charge in [-0.15, -0.1) is 0 Å². The molecule has 0 amide bonds. The quantitative estimate of drug-likeness (QED) is 0.413. The van der Waals surface area contributed by atoms with Gasteiger partial charge in [-0.3, -0.25) is 0 Å². The average Bonchev–Trinajstić information content (AvgIpc) is 2.68. The highest BCUT2D eigenvalue weighted by Gasteiger charge is 2.34. The number of aryl methyl sites for hydroxylation is 1. The van der Waals surface area contributed by atoms with Gasteiger partial charge < -0.3 is 30.6 Å². The van der Waals surface area contributed by atoms with E-state index in [1.807, 2.05) is 19.1 Å². The van der Waals surface area contributed by atoms with E-state index in [1.54, 1.807) is 42.5 Å². The highest BCUT2D eigenvalue weighted by atomic mass is 16.4. The van der Waals surface area contributed by atoms with Gasteiger partial charge in [0.15, 0.2) is 0 Å². The van der Waals surface area contributed by atoms with Crippen molar-refractivity contribution in [3.8, 4) is 0 Å². The maximum Gasteiger partial charge on any atom is 0.139 e. The zero-order valence-electron chi connectivity index (χ0n) is 14.8. The van der Waals surface area contributed by atoms with Gasteiger partial charge in [-0.2, -0.15) is 0 Å². The number of aliphatic hydroxyl groups excluding tert-OH is 6. The van der Waals surface area contributed by atoms with Crippen molar-refractivity contribution in [1.82, 2.24) is 0 Å². The van der Waals surface area contributed by atoms with Crippen LogP contribution in [0.1, 0.15) is 16.7 Å². The molecule has 2 rings (SSSR count). The molecule has 0 spiro atoms. The maximum absolute atomic E-state index is 10.1. The van der Waals surface area contributed by atoms with Crippen LogP contribution in [0, 0.1) is 6.92 Å². The molecule has 2 aromatic carbocycles. The van der Waals surface area contributed by atoms with Gasteiger partial charge >= 0.3 is 0 Å². The SMILES string of the molecule is Cc1ccc(C=C(O)[C@H](O)[C@@H](O)[C@H](O)[C@H](O)C(O)=Cc2ccccc2)cc1. The molecule has 6 N–H and O–H groups in total. The topological polar surface area (TPSA) is 121 Å². The molecular weight excluding hydrogens is 348 g/mol. The average molecular weight is 372 g/mol. The lowest BCUT2D eigenvalue weighted by Crippen LogP contribution is -2.45. The maximum atomic E-state index is 10.1. The van der Waals surface area contributed by atoms with E-state index in [0.717, 1.165) is 5.56 Å². The Morgan fingerprint density at radius 2 is 1.07 bits per heavy atom. The van der Waals surface area contributed by atoms with Gasteiger partial charge in [-0.05, 0) is 30.2 Å². The van der Waals surface area contributed by atoms with Crippen molar-refractivity contribution in [2.45, 2.75) is 31.3 Å². The third kappa shape index (κ3) is 5.67. The Balaban J connectivity index is 2.09. The second kappa shape index (κ2) is 9.34. The second-order valence-electron chi connectivity index (χ2n) is 6.33. The Morgan fingerprint density at radius 3 is 1.52 bits per heavy atom. The molecule has 0 aromatic heterocycles. The molecule has 0 aliphatic carbocycles. The zero-order valence-corrected chi connectivity index (χ0v) is 14.8. The summed E-state index contributed by atoms with van der Waals surface area (Å²) in [7, 11) is 0. The Kier molecular flexibility index (Phi) is 7.15. The van der Waals surface area contributed by atoms with Gasteiger partial charge in [0.2, 0.25) is 0 Å². The molecule has 0 aliphatic heterocycles. The number of rotatable bonds is 7. The Bertz CT molecular complexity index is 782. The largest absolute Gasteiger partial charge is 0.509 e. The van der Waals surface area contributed by atoms with Gasteiger partial charge in [0, 0.05) is 0 Å². The first-order valence-corrected chi connectivity index (χ1v) is 8.44. The van der Waals surface area contributed by atoms with E-state index in [1.165, 1.54) is 12.2 Å². The number of hydrogen-bond acceptors (Lipinski definition) is 6. The van der Waals surface area contributed by atoms with Crippen LogP contribution < -0.4 is 0 Å². The first-order valence-electron chi connectivity index (χ1n) is 8.44. The van der Waals surface area contributed by atoms with Crippen LogP contribution in [0.15, 0.2) is 66.1 Å². The fourth-order valence-corrected chi connectivity index (χ4v) is 2.45. The predicted molar refractivity (Wildman–Crippen MR) is 103 cm³/mol. The Hall–Kier alpha value is -2.64. The summed E-state index contributed by atoms with van der Waals surface area (Å²) in [5, 5.41) is 60.2. The smallest absolute Gasteiger partial charge is 0.139 e. The minimum absolute atomic E-state index is 0.580. The fraction of sp³-hybridized carbons (Fsp3) is 0.238. The number of hydrogen-bond donors (Lipinski definition) is 6. The van der Waals surface area contributed by atoms with Gasteiger partial charge in [-0.1, -0.05) is 60.2 Å². The highest BCUT2D eigenvalue weighted by molar-refractivity contribution is 5.53. The molecule has 2 aromatic rings. The standard InChI is InChI=1S/C21H24O6/c1-13-7-9-15(10-8-13)12-17(23)19(25)21(27)20(26)18(24)16(22)11-14-5-3-2-4-6-14/h2-12,18-27H,1H3/t18-,19+,20-,21-/m1/s1. The van der Waals surface area contributed by atoms with E-state index in [0.29, 0.717) is 11.1 Å². The summed E-state index contributed by atoms with van der Waals surface area (Å²) in [6.45, 7) is 1.90. The first kappa shape index (κ1) is 20.7. The Morgan fingerprint density at radius 1 is 0.667 bits per heavy atom. The van der Waals surface area contributed by atoms with Crippen molar-refractivity contribution in [1.29, 1.82) is 0 Å². The Labute approximate surface area is 157 Å². The zero-order chi connectivity index (χ0) is 20.0. The molecular formula is C21H24O6. The van der Waals surface area contributed by atoms with Gasteiger partial charge in [0.05, 0.1) is 0 Å². The third-order valence-electron chi connectivity index (χ3n) is 4.11. The lowest BCUT2D eigenvalue weighted by Gasteiger charge is -2.26. The summed E-state index contributed by atoms with van der Waals surface area (Å²) >= 11 is 0. The van der Waals surface area contributed by atoms with Crippen LogP contribution in [0.25, 0.3) is 12.2 Å². The summed E-state index contributed by atoms with van der Waals surface area (Å²) in [5.74, 6) is -1.16. The molecule has 0 bridgehead atoms. The minimum atomic E-state index is -1.92. The van der Waals surface area contributed by atoms with Crippen LogP contribution in [-0.2, 0) is 0 Å². The monoisotopic (exact) mass is 372 g/mol. The van der Waals surface area contributed by atoms with Gasteiger partial charge in [-0.25, -0.2) is 0 Å². The van der Waals surface area contributed by atoms with E-state index in [9.17, 15) is 30.6 Å². The van der Waals surface area contributed by atoms with Crippen molar-refractivity contribution in [3.63, 3.8) is 0 Å². The van der Waals surface area contributed by atoms with Crippen LogP contribution in [-0.4, -0.2) is 55.1 Å². The fourth-order valence-electron chi connectivity index (χ4n) is 2.45. The van der Waals surface area contributed by atoms with Crippen molar-refractivity contribution >= 4 is 12.2 Å². The van der Waals surface area contributed by atoms with Crippen molar-refractivity contribution < 1.29 is 30.6 Å². The van der Waals surface area contributed by atoms with Crippen molar-refractivity contribution in [2.24, 2.45) is 0 Å². The van der Waals surface area contributed by atoms with E-state index in [2.05, 4.69) is 0 Å². The van der Waals surface area contributed by atoms with Crippen LogP contribution in [0.3, 0.4) is 0 Å². The number of aliphatic hydroxyl groups is 6. The molecule has 6 nitrogen and oxygen atoms in total. The molecule has 144 valence electrons. The van der Waals surface area contributed by atoms with Crippen LogP contribution in [0.2, 0.25) is 0 Å². The molecule has 0 radical (unpaired) electrons. The minimum Gasteiger partial charge on any atom is -0.509 e. The second-order valence-corrected chi connectivity index (χ2v) is 6.33. The third-order valence-corrected chi connectivity index (χ3v) is 4.11. The molecule has 0 unspecified atom stereocenters. The molecule has 0 heterocycles. The predicted octanol–water partition coefficient (Wildman–Crippen LogP) is 1.94. The summed E-state index contributed by atoms with van der Waals surface area (Å²) in [5.41, 5.74) is 2.19. The molecule has 4 atom stereocenters. The van der Waals surface area contributed by atoms with Crippen LogP contribution in [0.5, 0.6) is 0 Å². The summed E-state index contributed by atoms with van der Waals surface area (Å²) in [4.78, 5) is 0. The summed E-state index contributed by atoms with van der Waals surface area (Å²) in [6.07, 6.45) is -5.06. The lowest BCUT2D eigenvalue weighted by molar-refractivity contribution is -0.0996. The van der Waals surface area contributed by atoms with E-state index < -0.39 is 35.9 Å². The van der Waals surface area contributed by atoms with E-state index in [-0.39, 0.29) is 0 Å². The molecule has 0 saturated heterocycles. The van der Waals surface area contributed by atoms with Crippen LogP contribution >= 0.6 is 0 Å². The normalized spacial score (nSPS) is 17.2. The lowest BCUT2D eigenvalue weighted by atomic mass is 9.98. The number of benzene rings is 2. The van der Waals surface area contributed by atoms with Gasteiger partial charge in [0.25, 0.3) is 0 Å². The van der Waals surface area contributed by atoms with Gasteiger partial charge in [0.1, 0.15) is 35.9 Å². The summed E-state index contributed by atoms with van der Waals surface area (Å²) in [6, 6.07) is 15.6. The molecule has 0 saturated carbocycles. The molecule has 0 fully saturated rings. The van der Waals surface area contributed by atoms with Crippen molar-refractivity contribution in [3.05, 3.63) is 82.8 Å². The molecule has 0 aliphatic rings. The van der Waals surface area contributed by atoms with Crippen LogP contribution in [0.4, 0.5) is 0 Å². The molecule has 6 heteroatoms. The first-order chi connectivity index (χ1) is 12.8. The highest BCUT2D eigenvalue weighted by Crippen LogP contribution is 2.18. The summed E-state index contributed by atoms with van der Waals surface area (Å²) < 4.78 is 0. The molecule has 27 heavy (non-hydrogen) atoms. The van der Waals surface area contributed by atoms with E-state index in [4.69, 9.17) is 0 Å². The van der Waals surface area contributed by atoms with Crippen molar-refractivity contribution in [2.75, 3.05) is 0 Å².